The molecule has 1 aromatic rings. The zero-order chi connectivity index (χ0) is 14.8. The molecule has 0 aliphatic heterocycles. The van der Waals surface area contributed by atoms with Crippen LogP contribution >= 0.6 is 0 Å². The van der Waals surface area contributed by atoms with Crippen molar-refractivity contribution in [3.63, 3.8) is 0 Å². The van der Waals surface area contributed by atoms with Gasteiger partial charge in [0.2, 0.25) is 0 Å². The van der Waals surface area contributed by atoms with Crippen LogP contribution in [0, 0.1) is 11.6 Å². The van der Waals surface area contributed by atoms with Crippen molar-refractivity contribution in [1.29, 1.82) is 0 Å². The normalized spacial score (nSPS) is 12.3. The zero-order valence-corrected chi connectivity index (χ0v) is 12.3. The number of allylic oxidation sites excluding steroid dienone is 1. The highest BCUT2D eigenvalue weighted by molar-refractivity contribution is 5.20. The summed E-state index contributed by atoms with van der Waals surface area (Å²) >= 11 is 0. The van der Waals surface area contributed by atoms with Crippen molar-refractivity contribution < 1.29 is 8.78 Å². The second-order valence-electron chi connectivity index (χ2n) is 5.09. The predicted molar refractivity (Wildman–Crippen MR) is 80.8 cm³/mol. The van der Waals surface area contributed by atoms with E-state index in [9.17, 15) is 8.78 Å². The molecular weight excluding hydrogens is 256 g/mol. The molecule has 1 rings (SSSR count). The van der Waals surface area contributed by atoms with Gasteiger partial charge in [-0.25, -0.2) is 8.78 Å². The third-order valence-corrected chi connectivity index (χ3v) is 3.47. The van der Waals surface area contributed by atoms with Gasteiger partial charge in [0.25, 0.3) is 0 Å². The molecule has 0 fully saturated rings. The van der Waals surface area contributed by atoms with Crippen molar-refractivity contribution in [2.45, 2.75) is 51.5 Å². The smallest absolute Gasteiger partial charge is 0.129 e. The highest BCUT2D eigenvalue weighted by Crippen LogP contribution is 2.17. The lowest BCUT2D eigenvalue weighted by Crippen LogP contribution is -2.31. The van der Waals surface area contributed by atoms with E-state index in [0.717, 1.165) is 38.6 Å². The summed E-state index contributed by atoms with van der Waals surface area (Å²) in [7, 11) is 0. The number of halogens is 2. The largest absolute Gasteiger partial charge is 0.314 e. The summed E-state index contributed by atoms with van der Waals surface area (Å²) in [6.45, 7) is 6.53. The van der Waals surface area contributed by atoms with E-state index in [1.54, 1.807) is 0 Å². The van der Waals surface area contributed by atoms with Gasteiger partial charge in [-0.05, 0) is 44.4 Å². The van der Waals surface area contributed by atoms with Crippen molar-refractivity contribution in [1.82, 2.24) is 5.32 Å². The summed E-state index contributed by atoms with van der Waals surface area (Å²) in [6.07, 6.45) is 7.66. The molecule has 0 aliphatic rings. The van der Waals surface area contributed by atoms with Gasteiger partial charge in [0, 0.05) is 11.6 Å². The van der Waals surface area contributed by atoms with Gasteiger partial charge < -0.3 is 5.32 Å². The van der Waals surface area contributed by atoms with Crippen molar-refractivity contribution in [3.05, 3.63) is 48.1 Å². The Morgan fingerprint density at radius 1 is 1.20 bits per heavy atom. The molecule has 1 unspecified atom stereocenters. The van der Waals surface area contributed by atoms with Crippen LogP contribution in [-0.2, 0) is 6.42 Å². The molecule has 0 saturated carbocycles. The number of hydrogen-bond donors (Lipinski definition) is 1. The van der Waals surface area contributed by atoms with Gasteiger partial charge >= 0.3 is 0 Å². The Labute approximate surface area is 121 Å². The summed E-state index contributed by atoms with van der Waals surface area (Å²) in [5.74, 6) is -0.890. The Hall–Kier alpha value is -1.22. The van der Waals surface area contributed by atoms with Gasteiger partial charge in [-0.2, -0.15) is 0 Å². The number of nitrogens with one attached hydrogen (secondary N) is 1. The third kappa shape index (κ3) is 5.83. The quantitative estimate of drug-likeness (QED) is 0.487. The lowest BCUT2D eigenvalue weighted by molar-refractivity contribution is 0.445. The number of rotatable bonds is 10. The molecule has 1 N–H and O–H groups in total. The summed E-state index contributed by atoms with van der Waals surface area (Å²) < 4.78 is 27.3. The van der Waals surface area contributed by atoms with Crippen molar-refractivity contribution >= 4 is 0 Å². The molecule has 1 aromatic carbocycles. The molecule has 1 nitrogen and oxygen atoms in total. The van der Waals surface area contributed by atoms with Gasteiger partial charge in [-0.15, -0.1) is 6.58 Å². The number of likely N-dealkylation sites (N-methyl/N-ethyl adjacent to an activating group) is 1. The molecule has 0 heterocycles. The van der Waals surface area contributed by atoms with Crippen LogP contribution in [-0.4, -0.2) is 12.6 Å². The SMILES string of the molecule is C=CCCCCCC(Cc1c(F)cccc1F)NCC. The molecule has 112 valence electrons. The van der Waals surface area contributed by atoms with Gasteiger partial charge in [-0.3, -0.25) is 0 Å². The van der Waals surface area contributed by atoms with Crippen LogP contribution in [0.5, 0.6) is 0 Å². The third-order valence-electron chi connectivity index (χ3n) is 3.47. The maximum absolute atomic E-state index is 13.7. The van der Waals surface area contributed by atoms with Crippen LogP contribution in [0.4, 0.5) is 8.78 Å². The number of benzene rings is 1. The van der Waals surface area contributed by atoms with E-state index >= 15 is 0 Å². The zero-order valence-electron chi connectivity index (χ0n) is 12.3. The fraction of sp³-hybridized carbons (Fsp3) is 0.529. The van der Waals surface area contributed by atoms with E-state index in [1.807, 2.05) is 13.0 Å². The minimum absolute atomic E-state index is 0.134. The molecular formula is C17H25F2N. The summed E-state index contributed by atoms with van der Waals surface area (Å²) in [5.41, 5.74) is 0.199. The van der Waals surface area contributed by atoms with Crippen LogP contribution in [0.15, 0.2) is 30.9 Å². The standard InChI is InChI=1S/C17H25F2N/c1-3-5-6-7-8-10-14(20-4-2)13-15-16(18)11-9-12-17(15)19/h3,9,11-12,14,20H,1,4-8,10,13H2,2H3. The van der Waals surface area contributed by atoms with Crippen molar-refractivity contribution in [2.24, 2.45) is 0 Å². The van der Waals surface area contributed by atoms with Gasteiger partial charge in [-0.1, -0.05) is 31.9 Å². The fourth-order valence-corrected chi connectivity index (χ4v) is 2.39. The lowest BCUT2D eigenvalue weighted by Gasteiger charge is -2.18. The highest BCUT2D eigenvalue weighted by Gasteiger charge is 2.14. The summed E-state index contributed by atoms with van der Waals surface area (Å²) in [5, 5.41) is 3.32. The van der Waals surface area contributed by atoms with E-state index in [4.69, 9.17) is 0 Å². The molecule has 3 heteroatoms. The molecule has 0 amide bonds. The lowest BCUT2D eigenvalue weighted by atomic mass is 9.99. The molecule has 0 spiro atoms. The molecule has 0 saturated heterocycles. The average molecular weight is 281 g/mol. The first-order valence-corrected chi connectivity index (χ1v) is 7.46. The molecule has 0 bridgehead atoms. The van der Waals surface area contributed by atoms with Gasteiger partial charge in [0.05, 0.1) is 0 Å². The molecule has 0 aromatic heterocycles. The molecule has 20 heavy (non-hydrogen) atoms. The highest BCUT2D eigenvalue weighted by atomic mass is 19.1. The number of hydrogen-bond acceptors (Lipinski definition) is 1. The second-order valence-corrected chi connectivity index (χ2v) is 5.09. The van der Waals surface area contributed by atoms with Crippen LogP contribution < -0.4 is 5.32 Å². The molecule has 0 radical (unpaired) electrons. The second kappa shape index (κ2) is 9.65. The topological polar surface area (TPSA) is 12.0 Å². The van der Waals surface area contributed by atoms with Crippen LogP contribution in [0.25, 0.3) is 0 Å². The Kier molecular flexibility index (Phi) is 8.12. The molecule has 0 aliphatic carbocycles. The van der Waals surface area contributed by atoms with Crippen LogP contribution in [0.1, 0.15) is 44.6 Å². The van der Waals surface area contributed by atoms with Crippen LogP contribution in [0.2, 0.25) is 0 Å². The van der Waals surface area contributed by atoms with Crippen LogP contribution in [0.3, 0.4) is 0 Å². The monoisotopic (exact) mass is 281 g/mol. The maximum atomic E-state index is 13.7. The summed E-state index contributed by atoms with van der Waals surface area (Å²) in [6, 6.07) is 4.19. The first-order chi connectivity index (χ1) is 9.69. The number of unbranched alkanes of at least 4 members (excludes halogenated alkanes) is 3. The van der Waals surface area contributed by atoms with Gasteiger partial charge in [0.1, 0.15) is 11.6 Å². The Morgan fingerprint density at radius 2 is 1.90 bits per heavy atom. The van der Waals surface area contributed by atoms with E-state index in [0.29, 0.717) is 6.42 Å². The fourth-order valence-electron chi connectivity index (χ4n) is 2.39. The van der Waals surface area contributed by atoms with E-state index in [1.165, 1.54) is 18.2 Å². The Balaban J connectivity index is 2.51. The first kappa shape index (κ1) is 16.8. The van der Waals surface area contributed by atoms with E-state index in [2.05, 4.69) is 11.9 Å². The Bertz CT molecular complexity index is 384. The first-order valence-electron chi connectivity index (χ1n) is 7.46. The van der Waals surface area contributed by atoms with E-state index < -0.39 is 11.6 Å². The van der Waals surface area contributed by atoms with Crippen molar-refractivity contribution in [2.75, 3.05) is 6.54 Å². The average Bonchev–Trinajstić information content (AvgIpc) is 2.42. The summed E-state index contributed by atoms with van der Waals surface area (Å²) in [4.78, 5) is 0. The maximum Gasteiger partial charge on any atom is 0.129 e. The minimum atomic E-state index is -0.445. The Morgan fingerprint density at radius 3 is 2.50 bits per heavy atom. The van der Waals surface area contributed by atoms with Gasteiger partial charge in [0.15, 0.2) is 0 Å². The van der Waals surface area contributed by atoms with Crippen molar-refractivity contribution in [3.8, 4) is 0 Å². The molecule has 1 atom stereocenters. The van der Waals surface area contributed by atoms with E-state index in [-0.39, 0.29) is 11.6 Å². The minimum Gasteiger partial charge on any atom is -0.314 e. The predicted octanol–water partition coefficient (Wildman–Crippen LogP) is 4.62.